The highest BCUT2D eigenvalue weighted by Gasteiger charge is 2.29. The number of aryl methyl sites for hydroxylation is 2. The summed E-state index contributed by atoms with van der Waals surface area (Å²) in [5.74, 6) is -3.12. The fourth-order valence-electron chi connectivity index (χ4n) is 5.60. The molecule has 3 heterocycles. The van der Waals surface area contributed by atoms with Crippen LogP contribution in [-0.2, 0) is 18.3 Å². The summed E-state index contributed by atoms with van der Waals surface area (Å²) in [5, 5.41) is 7.22. The number of benzene rings is 2. The number of nitrogens with zero attached hydrogens (tertiary/aromatic N) is 6. The first-order valence-corrected chi connectivity index (χ1v) is 16.6. The minimum atomic E-state index is -1.08. The number of hydrogen-bond donors (Lipinski definition) is 2. The van der Waals surface area contributed by atoms with Crippen molar-refractivity contribution in [2.24, 2.45) is 12.8 Å². The number of rotatable bonds is 8. The number of imidazole rings is 1. The summed E-state index contributed by atoms with van der Waals surface area (Å²) in [7, 11) is 1.52. The Morgan fingerprint density at radius 1 is 1.02 bits per heavy atom. The number of halogens is 3. The average molecular weight is 711 g/mol. The third-order valence-corrected chi connectivity index (χ3v) is 8.59. The third kappa shape index (κ3) is 7.97. The van der Waals surface area contributed by atoms with Crippen LogP contribution in [0, 0.1) is 18.6 Å². The van der Waals surface area contributed by atoms with E-state index in [9.17, 15) is 14.4 Å². The maximum Gasteiger partial charge on any atom is 0.410 e. The lowest BCUT2D eigenvalue weighted by molar-refractivity contribution is 0.0141. The van der Waals surface area contributed by atoms with Gasteiger partial charge in [-0.05, 0) is 65.3 Å². The molecule has 1 aliphatic heterocycles. The first-order chi connectivity index (χ1) is 23.5. The van der Waals surface area contributed by atoms with Crippen LogP contribution in [0.4, 0.5) is 19.3 Å². The second-order valence-electron chi connectivity index (χ2n) is 13.4. The molecule has 3 amide bonds. The fourth-order valence-corrected chi connectivity index (χ4v) is 5.86. The zero-order chi connectivity index (χ0) is 36.5. The summed E-state index contributed by atoms with van der Waals surface area (Å²) in [5.41, 5.74) is 6.96. The Labute approximate surface area is 294 Å². The highest BCUT2D eigenvalue weighted by Crippen LogP contribution is 2.33. The summed E-state index contributed by atoms with van der Waals surface area (Å²) in [6.45, 7) is 10.8. The number of ether oxygens (including phenoxy) is 1. The summed E-state index contributed by atoms with van der Waals surface area (Å²) in [6.07, 6.45) is 3.22. The van der Waals surface area contributed by atoms with E-state index in [1.54, 1.807) is 48.4 Å². The van der Waals surface area contributed by atoms with Gasteiger partial charge in [0.2, 0.25) is 0 Å². The van der Waals surface area contributed by atoms with Gasteiger partial charge in [0.1, 0.15) is 5.60 Å². The number of aromatic nitrogens is 4. The predicted octanol–water partition coefficient (Wildman–Crippen LogP) is 5.87. The lowest BCUT2D eigenvalue weighted by Crippen LogP contribution is -2.51. The van der Waals surface area contributed by atoms with Crippen LogP contribution in [0.25, 0.3) is 22.4 Å². The zero-order valence-electron chi connectivity index (χ0n) is 28.9. The molecule has 0 radical (unpaired) electrons. The molecular formula is C35H41ClF2N8O4. The maximum atomic E-state index is 15.5. The molecular weight excluding hydrogens is 670 g/mol. The highest BCUT2D eigenvalue weighted by molar-refractivity contribution is 6.34. The van der Waals surface area contributed by atoms with Crippen LogP contribution in [0.5, 0.6) is 0 Å². The van der Waals surface area contributed by atoms with E-state index in [1.807, 2.05) is 6.92 Å². The molecule has 1 fully saturated rings. The second kappa shape index (κ2) is 14.6. The van der Waals surface area contributed by atoms with Gasteiger partial charge < -0.3 is 30.2 Å². The van der Waals surface area contributed by atoms with Crippen molar-refractivity contribution in [1.29, 1.82) is 0 Å². The van der Waals surface area contributed by atoms with Crippen LogP contribution in [0.1, 0.15) is 60.8 Å². The first-order valence-electron chi connectivity index (χ1n) is 16.2. The molecule has 1 saturated heterocycles. The Balaban J connectivity index is 1.25. The van der Waals surface area contributed by atoms with Crippen molar-refractivity contribution in [1.82, 2.24) is 29.1 Å². The van der Waals surface area contributed by atoms with Crippen molar-refractivity contribution in [3.63, 3.8) is 0 Å². The van der Waals surface area contributed by atoms with E-state index in [-0.39, 0.29) is 45.2 Å². The molecule has 15 heteroatoms. The average Bonchev–Trinajstić information content (AvgIpc) is 3.62. The van der Waals surface area contributed by atoms with Gasteiger partial charge in [-0.25, -0.2) is 18.6 Å². The molecule has 0 saturated carbocycles. The largest absolute Gasteiger partial charge is 0.444 e. The number of hydrogen-bond acceptors (Lipinski definition) is 7. The molecule has 2 aromatic heterocycles. The van der Waals surface area contributed by atoms with Gasteiger partial charge >= 0.3 is 6.09 Å². The minimum absolute atomic E-state index is 0.0241. The molecule has 3 N–H and O–H groups in total. The van der Waals surface area contributed by atoms with Crippen LogP contribution < -0.4 is 11.1 Å². The van der Waals surface area contributed by atoms with Crippen LogP contribution in [-0.4, -0.2) is 84.9 Å². The van der Waals surface area contributed by atoms with E-state index < -0.39 is 29.2 Å². The number of carbonyl (C=O) groups is 3. The van der Waals surface area contributed by atoms with E-state index >= 15 is 8.78 Å². The van der Waals surface area contributed by atoms with E-state index in [1.165, 1.54) is 48.1 Å². The lowest BCUT2D eigenvalue weighted by Gasteiger charge is -2.35. The van der Waals surface area contributed by atoms with Gasteiger partial charge in [0.25, 0.3) is 11.8 Å². The van der Waals surface area contributed by atoms with Crippen molar-refractivity contribution in [3.05, 3.63) is 76.5 Å². The Kier molecular flexibility index (Phi) is 10.6. The first kappa shape index (κ1) is 36.5. The highest BCUT2D eigenvalue weighted by atomic mass is 35.5. The summed E-state index contributed by atoms with van der Waals surface area (Å²) in [6, 6.07) is 7.39. The lowest BCUT2D eigenvalue weighted by atomic mass is 10.0. The topological polar surface area (TPSA) is 141 Å². The third-order valence-electron chi connectivity index (χ3n) is 8.28. The van der Waals surface area contributed by atoms with Gasteiger partial charge in [-0.3, -0.25) is 14.3 Å². The summed E-state index contributed by atoms with van der Waals surface area (Å²) >= 11 is 6.48. The quantitative estimate of drug-likeness (QED) is 0.233. The van der Waals surface area contributed by atoms with Gasteiger partial charge in [-0.15, -0.1) is 0 Å². The SMILES string of the molecule is Cc1nn(CCC(C)N)cc1-c1ccc(-c2cnc(C(=O)Nc3ccc(C(=O)N4CCN(C(=O)OC(C)(C)C)CC4)c(Cl)c3)n2C)c(F)c1F. The molecule has 0 spiro atoms. The number of carbonyl (C=O) groups excluding carboxylic acids is 3. The molecule has 1 unspecified atom stereocenters. The van der Waals surface area contributed by atoms with Gasteiger partial charge in [0.15, 0.2) is 17.5 Å². The van der Waals surface area contributed by atoms with Crippen LogP contribution in [0.3, 0.4) is 0 Å². The molecule has 12 nitrogen and oxygen atoms in total. The smallest absolute Gasteiger partial charge is 0.410 e. The Hall–Kier alpha value is -4.82. The van der Waals surface area contributed by atoms with E-state index in [2.05, 4.69) is 15.4 Å². The number of nitrogens with one attached hydrogen (secondary N) is 1. The maximum absolute atomic E-state index is 15.5. The molecule has 266 valence electrons. The molecule has 50 heavy (non-hydrogen) atoms. The number of piperazine rings is 1. The number of nitrogens with two attached hydrogens (primary N) is 1. The standard InChI is InChI=1S/C35H41ClF2N8O4/c1-20(39)11-12-46-19-26(21(2)42-46)23-9-10-25(30(38)29(23)37)28-18-40-31(43(28)6)32(47)41-22-7-8-24(27(36)17-22)33(48)44-13-15-45(16-14-44)34(49)50-35(3,4)5/h7-10,17-20H,11-16,39H2,1-6H3,(H,41,47). The molecule has 5 rings (SSSR count). The van der Waals surface area contributed by atoms with Crippen molar-refractivity contribution in [2.75, 3.05) is 31.5 Å². The van der Waals surface area contributed by atoms with Gasteiger partial charge in [0.05, 0.1) is 28.2 Å². The van der Waals surface area contributed by atoms with Gasteiger partial charge in [-0.1, -0.05) is 17.7 Å². The van der Waals surface area contributed by atoms with E-state index in [0.29, 0.717) is 56.1 Å². The Morgan fingerprint density at radius 3 is 2.30 bits per heavy atom. The summed E-state index contributed by atoms with van der Waals surface area (Å²) < 4.78 is 39.4. The van der Waals surface area contributed by atoms with Crippen molar-refractivity contribution >= 4 is 35.2 Å². The Bertz CT molecular complexity index is 1930. The van der Waals surface area contributed by atoms with Crippen molar-refractivity contribution < 1.29 is 27.9 Å². The molecule has 1 atom stereocenters. The predicted molar refractivity (Wildman–Crippen MR) is 186 cm³/mol. The summed E-state index contributed by atoms with van der Waals surface area (Å²) in [4.78, 5) is 46.1. The molecule has 0 bridgehead atoms. The molecule has 0 aliphatic carbocycles. The molecule has 1 aliphatic rings. The van der Waals surface area contributed by atoms with Crippen molar-refractivity contribution in [3.8, 4) is 22.4 Å². The normalized spacial score (nSPS) is 14.1. The Morgan fingerprint density at radius 2 is 1.66 bits per heavy atom. The van der Waals surface area contributed by atoms with Crippen LogP contribution >= 0.6 is 11.6 Å². The number of anilines is 1. The zero-order valence-corrected chi connectivity index (χ0v) is 29.6. The fraction of sp³-hybridized carbons (Fsp3) is 0.400. The minimum Gasteiger partial charge on any atom is -0.444 e. The molecule has 2 aromatic carbocycles. The second-order valence-corrected chi connectivity index (χ2v) is 13.8. The van der Waals surface area contributed by atoms with Crippen molar-refractivity contribution in [2.45, 2.75) is 59.2 Å². The van der Waals surface area contributed by atoms with E-state index in [4.69, 9.17) is 22.1 Å². The van der Waals surface area contributed by atoms with E-state index in [0.717, 1.165) is 0 Å². The van der Waals surface area contributed by atoms with Gasteiger partial charge in [0, 0.05) is 74.4 Å². The monoisotopic (exact) mass is 710 g/mol. The number of amides is 3. The van der Waals surface area contributed by atoms with Crippen LogP contribution in [0.2, 0.25) is 5.02 Å². The van der Waals surface area contributed by atoms with Gasteiger partial charge in [-0.2, -0.15) is 5.10 Å². The van der Waals surface area contributed by atoms with Crippen LogP contribution in [0.15, 0.2) is 42.7 Å². The molecule has 4 aromatic rings.